The zero-order valence-corrected chi connectivity index (χ0v) is 15.5. The molecular formula is C24H16Cl2. The minimum Gasteiger partial charge on any atom is -0.0820 e. The summed E-state index contributed by atoms with van der Waals surface area (Å²) in [7, 11) is 0. The van der Waals surface area contributed by atoms with Crippen LogP contribution in [0.25, 0.3) is 33.4 Å². The zero-order valence-electron chi connectivity index (χ0n) is 14.0. The van der Waals surface area contributed by atoms with Crippen molar-refractivity contribution < 1.29 is 0 Å². The molecule has 4 aromatic rings. The highest BCUT2D eigenvalue weighted by Gasteiger charge is 2.13. The molecule has 0 heterocycles. The van der Waals surface area contributed by atoms with Crippen molar-refractivity contribution in [3.8, 4) is 33.4 Å². The van der Waals surface area contributed by atoms with E-state index in [1.165, 1.54) is 11.1 Å². The van der Waals surface area contributed by atoms with Crippen LogP contribution in [0.3, 0.4) is 0 Å². The number of hydrogen-bond acceptors (Lipinski definition) is 0. The van der Waals surface area contributed by atoms with E-state index in [9.17, 15) is 0 Å². The van der Waals surface area contributed by atoms with Crippen LogP contribution in [0.15, 0.2) is 97.1 Å². The maximum atomic E-state index is 6.61. The fourth-order valence-corrected chi connectivity index (χ4v) is 3.63. The number of hydrogen-bond donors (Lipinski definition) is 0. The molecule has 0 unspecified atom stereocenters. The Balaban J connectivity index is 1.71. The Labute approximate surface area is 163 Å². The lowest BCUT2D eigenvalue weighted by Crippen LogP contribution is -1.86. The Bertz CT molecular complexity index is 1020. The minimum atomic E-state index is 0.584. The molecule has 0 radical (unpaired) electrons. The molecule has 0 saturated heterocycles. The second kappa shape index (κ2) is 7.37. The highest BCUT2D eigenvalue weighted by molar-refractivity contribution is 6.45. The summed E-state index contributed by atoms with van der Waals surface area (Å²) in [6.07, 6.45) is 0. The Kier molecular flexibility index (Phi) is 4.79. The van der Waals surface area contributed by atoms with Crippen molar-refractivity contribution >= 4 is 23.2 Å². The molecule has 0 nitrogen and oxygen atoms in total. The summed E-state index contributed by atoms with van der Waals surface area (Å²) >= 11 is 13.2. The number of benzene rings is 4. The van der Waals surface area contributed by atoms with Gasteiger partial charge in [0.25, 0.3) is 0 Å². The molecule has 0 aliphatic carbocycles. The fourth-order valence-electron chi connectivity index (χ4n) is 3.09. The molecular weight excluding hydrogens is 359 g/mol. The van der Waals surface area contributed by atoms with Crippen LogP contribution in [0.5, 0.6) is 0 Å². The zero-order chi connectivity index (χ0) is 17.9. The first-order valence-electron chi connectivity index (χ1n) is 8.43. The number of rotatable bonds is 3. The maximum Gasteiger partial charge on any atom is 0.0676 e. The van der Waals surface area contributed by atoms with Crippen LogP contribution in [-0.4, -0.2) is 0 Å². The van der Waals surface area contributed by atoms with Gasteiger partial charge >= 0.3 is 0 Å². The van der Waals surface area contributed by atoms with Crippen LogP contribution in [-0.2, 0) is 0 Å². The van der Waals surface area contributed by atoms with E-state index in [-0.39, 0.29) is 0 Å². The van der Waals surface area contributed by atoms with Gasteiger partial charge in [-0.05, 0) is 22.3 Å². The first-order chi connectivity index (χ1) is 12.7. The van der Waals surface area contributed by atoms with Crippen molar-refractivity contribution in [1.82, 2.24) is 0 Å². The summed E-state index contributed by atoms with van der Waals surface area (Å²) in [4.78, 5) is 0. The largest absolute Gasteiger partial charge is 0.0820 e. The number of halogens is 2. The molecule has 0 fully saturated rings. The summed E-state index contributed by atoms with van der Waals surface area (Å²) in [6, 6.07) is 32.8. The highest BCUT2D eigenvalue weighted by Crippen LogP contribution is 2.40. The normalized spacial score (nSPS) is 10.7. The quantitative estimate of drug-likeness (QED) is 0.340. The van der Waals surface area contributed by atoms with Crippen molar-refractivity contribution in [2.45, 2.75) is 0 Å². The average Bonchev–Trinajstić information content (AvgIpc) is 2.71. The van der Waals surface area contributed by atoms with Gasteiger partial charge in [0.15, 0.2) is 0 Å². The van der Waals surface area contributed by atoms with Crippen LogP contribution < -0.4 is 0 Å². The van der Waals surface area contributed by atoms with E-state index < -0.39 is 0 Å². The molecule has 2 heteroatoms. The summed E-state index contributed by atoms with van der Waals surface area (Å²) in [6.45, 7) is 0. The topological polar surface area (TPSA) is 0 Å². The van der Waals surface area contributed by atoms with Crippen molar-refractivity contribution in [3.05, 3.63) is 107 Å². The minimum absolute atomic E-state index is 0.584. The van der Waals surface area contributed by atoms with Crippen LogP contribution in [0.4, 0.5) is 0 Å². The molecule has 0 aromatic heterocycles. The SMILES string of the molecule is Clc1c(-c2ccccc2)ccc(-c2ccc(-c3ccccc3)cc2)c1Cl. The van der Waals surface area contributed by atoms with Crippen molar-refractivity contribution in [2.75, 3.05) is 0 Å². The fraction of sp³-hybridized carbons (Fsp3) is 0. The lowest BCUT2D eigenvalue weighted by atomic mass is 9.98. The summed E-state index contributed by atoms with van der Waals surface area (Å²) in [5, 5.41) is 1.17. The van der Waals surface area contributed by atoms with E-state index in [0.717, 1.165) is 22.3 Å². The molecule has 0 spiro atoms. The van der Waals surface area contributed by atoms with E-state index in [4.69, 9.17) is 23.2 Å². The maximum absolute atomic E-state index is 6.61. The lowest BCUT2D eigenvalue weighted by molar-refractivity contribution is 1.57. The highest BCUT2D eigenvalue weighted by atomic mass is 35.5. The summed E-state index contributed by atoms with van der Waals surface area (Å²) in [5.74, 6) is 0. The molecule has 0 saturated carbocycles. The monoisotopic (exact) mass is 374 g/mol. The molecule has 4 rings (SSSR count). The molecule has 0 aliphatic heterocycles. The lowest BCUT2D eigenvalue weighted by Gasteiger charge is -2.12. The van der Waals surface area contributed by atoms with Gasteiger partial charge in [-0.15, -0.1) is 0 Å². The van der Waals surface area contributed by atoms with Gasteiger partial charge in [-0.1, -0.05) is 120 Å². The molecule has 26 heavy (non-hydrogen) atoms. The molecule has 0 bridgehead atoms. The molecule has 0 aliphatic rings. The first-order valence-corrected chi connectivity index (χ1v) is 9.19. The molecule has 4 aromatic carbocycles. The predicted molar refractivity (Wildman–Crippen MR) is 113 cm³/mol. The molecule has 0 atom stereocenters. The molecule has 0 amide bonds. The Morgan fingerprint density at radius 1 is 0.346 bits per heavy atom. The third-order valence-corrected chi connectivity index (χ3v) is 5.35. The van der Waals surface area contributed by atoms with Gasteiger partial charge in [-0.2, -0.15) is 0 Å². The second-order valence-corrected chi connectivity index (χ2v) is 6.85. The second-order valence-electron chi connectivity index (χ2n) is 6.10. The third-order valence-electron chi connectivity index (χ3n) is 4.47. The molecule has 126 valence electrons. The smallest absolute Gasteiger partial charge is 0.0676 e. The van der Waals surface area contributed by atoms with Crippen LogP contribution in [0, 0.1) is 0 Å². The van der Waals surface area contributed by atoms with Gasteiger partial charge < -0.3 is 0 Å². The van der Waals surface area contributed by atoms with Crippen LogP contribution >= 0.6 is 23.2 Å². The average molecular weight is 375 g/mol. The van der Waals surface area contributed by atoms with Gasteiger partial charge in [0.2, 0.25) is 0 Å². The van der Waals surface area contributed by atoms with E-state index in [1.807, 2.05) is 60.7 Å². The Morgan fingerprint density at radius 3 is 1.19 bits per heavy atom. The van der Waals surface area contributed by atoms with Gasteiger partial charge in [0, 0.05) is 11.1 Å². The Morgan fingerprint density at radius 2 is 0.692 bits per heavy atom. The van der Waals surface area contributed by atoms with E-state index in [0.29, 0.717) is 10.0 Å². The Hall–Kier alpha value is -2.54. The van der Waals surface area contributed by atoms with E-state index in [2.05, 4.69) is 36.4 Å². The van der Waals surface area contributed by atoms with Crippen molar-refractivity contribution in [1.29, 1.82) is 0 Å². The van der Waals surface area contributed by atoms with Gasteiger partial charge in [0.05, 0.1) is 10.0 Å². The van der Waals surface area contributed by atoms with Gasteiger partial charge in [-0.25, -0.2) is 0 Å². The third kappa shape index (κ3) is 3.26. The van der Waals surface area contributed by atoms with Gasteiger partial charge in [-0.3, -0.25) is 0 Å². The van der Waals surface area contributed by atoms with Gasteiger partial charge in [0.1, 0.15) is 0 Å². The standard InChI is InChI=1S/C24H16Cl2/c25-23-21(19-9-5-2-6-10-19)15-16-22(24(23)26)20-13-11-18(12-14-20)17-7-3-1-4-8-17/h1-16H. The van der Waals surface area contributed by atoms with E-state index in [1.54, 1.807) is 0 Å². The summed E-state index contributed by atoms with van der Waals surface area (Å²) < 4.78 is 0. The summed E-state index contributed by atoms with van der Waals surface area (Å²) in [5.41, 5.74) is 6.37. The first kappa shape index (κ1) is 16.9. The van der Waals surface area contributed by atoms with Crippen molar-refractivity contribution in [3.63, 3.8) is 0 Å². The van der Waals surface area contributed by atoms with Crippen LogP contribution in [0.2, 0.25) is 10.0 Å². The van der Waals surface area contributed by atoms with Crippen LogP contribution in [0.1, 0.15) is 0 Å². The van der Waals surface area contributed by atoms with Crippen molar-refractivity contribution in [2.24, 2.45) is 0 Å². The predicted octanol–water partition coefficient (Wildman–Crippen LogP) is 7.99. The molecule has 0 N–H and O–H groups in total. The van der Waals surface area contributed by atoms with E-state index >= 15 is 0 Å².